The highest BCUT2D eigenvalue weighted by Gasteiger charge is 2.14. The molecule has 1 saturated heterocycles. The molecule has 1 amide bonds. The lowest BCUT2D eigenvalue weighted by Crippen LogP contribution is -2.34. The first-order valence-electron chi connectivity index (χ1n) is 7.29. The van der Waals surface area contributed by atoms with Gasteiger partial charge in [0, 0.05) is 44.6 Å². The first kappa shape index (κ1) is 14.0. The highest BCUT2D eigenvalue weighted by Crippen LogP contribution is 2.03. The first-order valence-corrected chi connectivity index (χ1v) is 7.29. The molecule has 1 aliphatic rings. The minimum atomic E-state index is 0.321. The maximum atomic E-state index is 12.1. The van der Waals surface area contributed by atoms with Crippen LogP contribution in [0.1, 0.15) is 25.7 Å². The van der Waals surface area contributed by atoms with E-state index in [1.54, 1.807) is 0 Å². The van der Waals surface area contributed by atoms with Crippen LogP contribution in [-0.4, -0.2) is 37.0 Å². The Labute approximate surface area is 115 Å². The maximum Gasteiger partial charge on any atom is 0.222 e. The Morgan fingerprint density at radius 1 is 1.11 bits per heavy atom. The van der Waals surface area contributed by atoms with Crippen LogP contribution in [0.4, 0.5) is 0 Å². The standard InChI is InChI=1S/C15H24N3O/c19-15(18-13-6-8-16-9-14-18)7-2-5-12-17-10-3-1-4-11-17/h1,3-4,10-11,16H,2,5-9,12-14H2/q+1. The molecule has 0 radical (unpaired) electrons. The topological polar surface area (TPSA) is 36.2 Å². The lowest BCUT2D eigenvalue weighted by atomic mass is 10.2. The predicted molar refractivity (Wildman–Crippen MR) is 74.6 cm³/mol. The second-order valence-electron chi connectivity index (χ2n) is 5.05. The molecular formula is C15H24N3O+. The van der Waals surface area contributed by atoms with Crippen molar-refractivity contribution in [2.75, 3.05) is 26.2 Å². The van der Waals surface area contributed by atoms with Crippen molar-refractivity contribution in [3.8, 4) is 0 Å². The number of nitrogens with zero attached hydrogens (tertiary/aromatic N) is 2. The molecule has 0 aliphatic carbocycles. The first-order chi connectivity index (χ1) is 9.36. The van der Waals surface area contributed by atoms with Crippen molar-refractivity contribution in [2.24, 2.45) is 0 Å². The highest BCUT2D eigenvalue weighted by molar-refractivity contribution is 5.76. The Balaban J connectivity index is 1.63. The van der Waals surface area contributed by atoms with Crippen LogP contribution in [0.5, 0.6) is 0 Å². The summed E-state index contributed by atoms with van der Waals surface area (Å²) in [5, 5.41) is 3.32. The Morgan fingerprint density at radius 3 is 2.79 bits per heavy atom. The molecule has 19 heavy (non-hydrogen) atoms. The van der Waals surface area contributed by atoms with E-state index in [2.05, 4.69) is 22.3 Å². The van der Waals surface area contributed by atoms with Gasteiger partial charge in [0.05, 0.1) is 0 Å². The Bertz CT molecular complexity index is 372. The van der Waals surface area contributed by atoms with Crippen LogP contribution in [0.2, 0.25) is 0 Å². The van der Waals surface area contributed by atoms with Gasteiger partial charge < -0.3 is 10.2 Å². The summed E-state index contributed by atoms with van der Waals surface area (Å²) in [5.74, 6) is 0.321. The van der Waals surface area contributed by atoms with E-state index in [1.807, 2.05) is 23.1 Å². The number of carbonyl (C=O) groups excluding carboxylic acids is 1. The Kier molecular flexibility index (Phi) is 5.82. The summed E-state index contributed by atoms with van der Waals surface area (Å²) >= 11 is 0. The molecule has 2 rings (SSSR count). The van der Waals surface area contributed by atoms with E-state index in [1.165, 1.54) is 0 Å². The van der Waals surface area contributed by atoms with Crippen molar-refractivity contribution in [1.29, 1.82) is 0 Å². The molecule has 4 heteroatoms. The fourth-order valence-electron chi connectivity index (χ4n) is 2.41. The van der Waals surface area contributed by atoms with Crippen molar-refractivity contribution in [3.63, 3.8) is 0 Å². The van der Waals surface area contributed by atoms with E-state index in [0.29, 0.717) is 12.3 Å². The predicted octanol–water partition coefficient (Wildman–Crippen LogP) is 0.966. The maximum absolute atomic E-state index is 12.1. The van der Waals surface area contributed by atoms with Crippen molar-refractivity contribution in [2.45, 2.75) is 32.2 Å². The summed E-state index contributed by atoms with van der Waals surface area (Å²) in [6.45, 7) is 4.75. The van der Waals surface area contributed by atoms with E-state index in [-0.39, 0.29) is 0 Å². The summed E-state index contributed by atoms with van der Waals surface area (Å²) in [6.07, 6.45) is 7.95. The minimum Gasteiger partial charge on any atom is -0.341 e. The zero-order chi connectivity index (χ0) is 13.3. The number of rotatable bonds is 5. The normalized spacial score (nSPS) is 16.1. The van der Waals surface area contributed by atoms with E-state index >= 15 is 0 Å². The summed E-state index contributed by atoms with van der Waals surface area (Å²) in [7, 11) is 0. The number of carbonyl (C=O) groups is 1. The van der Waals surface area contributed by atoms with Crippen LogP contribution >= 0.6 is 0 Å². The van der Waals surface area contributed by atoms with E-state index < -0.39 is 0 Å². The summed E-state index contributed by atoms with van der Waals surface area (Å²) < 4.78 is 2.17. The molecule has 0 aromatic carbocycles. The fourth-order valence-corrected chi connectivity index (χ4v) is 2.41. The van der Waals surface area contributed by atoms with E-state index in [0.717, 1.165) is 52.0 Å². The van der Waals surface area contributed by atoms with E-state index in [9.17, 15) is 4.79 Å². The van der Waals surface area contributed by atoms with Gasteiger partial charge in [0.25, 0.3) is 0 Å². The zero-order valence-corrected chi connectivity index (χ0v) is 11.6. The van der Waals surface area contributed by atoms with Crippen LogP contribution in [0.25, 0.3) is 0 Å². The van der Waals surface area contributed by atoms with Gasteiger partial charge in [-0.05, 0) is 19.4 Å². The van der Waals surface area contributed by atoms with Gasteiger partial charge in [-0.2, -0.15) is 0 Å². The minimum absolute atomic E-state index is 0.321. The van der Waals surface area contributed by atoms with Crippen LogP contribution in [0, 0.1) is 0 Å². The average molecular weight is 262 g/mol. The molecule has 1 N–H and O–H groups in total. The van der Waals surface area contributed by atoms with Crippen molar-refractivity contribution < 1.29 is 9.36 Å². The molecule has 1 aliphatic heterocycles. The second-order valence-corrected chi connectivity index (χ2v) is 5.05. The summed E-state index contributed by atoms with van der Waals surface area (Å²) in [5.41, 5.74) is 0. The largest absolute Gasteiger partial charge is 0.341 e. The third-order valence-corrected chi connectivity index (χ3v) is 3.53. The molecule has 0 bridgehead atoms. The van der Waals surface area contributed by atoms with Crippen LogP contribution in [-0.2, 0) is 11.3 Å². The molecule has 1 aromatic rings. The zero-order valence-electron chi connectivity index (χ0n) is 11.6. The van der Waals surface area contributed by atoms with Gasteiger partial charge in [-0.1, -0.05) is 6.07 Å². The number of aromatic nitrogens is 1. The van der Waals surface area contributed by atoms with Crippen LogP contribution < -0.4 is 9.88 Å². The number of aryl methyl sites for hydroxylation is 1. The molecule has 0 spiro atoms. The fraction of sp³-hybridized carbons (Fsp3) is 0.600. The van der Waals surface area contributed by atoms with Crippen molar-refractivity contribution in [1.82, 2.24) is 10.2 Å². The van der Waals surface area contributed by atoms with Gasteiger partial charge in [-0.25, -0.2) is 4.57 Å². The molecule has 1 fully saturated rings. The number of pyridine rings is 1. The van der Waals surface area contributed by atoms with Gasteiger partial charge in [0.2, 0.25) is 5.91 Å². The quantitative estimate of drug-likeness (QED) is 0.634. The van der Waals surface area contributed by atoms with Gasteiger partial charge in [0.1, 0.15) is 6.54 Å². The number of nitrogens with one attached hydrogen (secondary N) is 1. The lowest BCUT2D eigenvalue weighted by molar-refractivity contribution is -0.697. The SMILES string of the molecule is O=C(CCCC[n+]1ccccc1)N1CCCNCC1. The number of hydrogen-bond donors (Lipinski definition) is 1. The highest BCUT2D eigenvalue weighted by atomic mass is 16.2. The van der Waals surface area contributed by atoms with Crippen LogP contribution in [0.3, 0.4) is 0 Å². The van der Waals surface area contributed by atoms with Gasteiger partial charge >= 0.3 is 0 Å². The van der Waals surface area contributed by atoms with Crippen molar-refractivity contribution in [3.05, 3.63) is 30.6 Å². The Morgan fingerprint density at radius 2 is 1.95 bits per heavy atom. The number of hydrogen-bond acceptors (Lipinski definition) is 2. The van der Waals surface area contributed by atoms with Gasteiger partial charge in [-0.15, -0.1) is 0 Å². The lowest BCUT2D eigenvalue weighted by Gasteiger charge is -2.19. The molecule has 1 aromatic heterocycles. The molecule has 0 unspecified atom stereocenters. The van der Waals surface area contributed by atoms with Crippen LogP contribution in [0.15, 0.2) is 30.6 Å². The molecule has 4 nitrogen and oxygen atoms in total. The van der Waals surface area contributed by atoms with Gasteiger partial charge in [-0.3, -0.25) is 4.79 Å². The number of amides is 1. The number of unbranched alkanes of at least 4 members (excludes halogenated alkanes) is 1. The molecule has 0 atom stereocenters. The molecule has 2 heterocycles. The third-order valence-electron chi connectivity index (χ3n) is 3.53. The smallest absolute Gasteiger partial charge is 0.222 e. The van der Waals surface area contributed by atoms with Crippen molar-refractivity contribution >= 4 is 5.91 Å². The average Bonchev–Trinajstić information content (AvgIpc) is 2.73. The monoisotopic (exact) mass is 262 g/mol. The molecular weight excluding hydrogens is 238 g/mol. The third kappa shape index (κ3) is 4.99. The second kappa shape index (κ2) is 7.89. The van der Waals surface area contributed by atoms with E-state index in [4.69, 9.17) is 0 Å². The molecule has 104 valence electrons. The summed E-state index contributed by atoms with van der Waals surface area (Å²) in [6, 6.07) is 6.10. The molecule has 0 saturated carbocycles. The van der Waals surface area contributed by atoms with Gasteiger partial charge in [0.15, 0.2) is 12.4 Å². The summed E-state index contributed by atoms with van der Waals surface area (Å²) in [4.78, 5) is 14.1. The Hall–Kier alpha value is -1.42.